The molecular weight excluding hydrogens is 284 g/mol. The maximum absolute atomic E-state index is 9.25. The molecule has 126 valence electrons. The van der Waals surface area contributed by atoms with Crippen molar-refractivity contribution in [2.75, 3.05) is 66.1 Å². The molecule has 0 fully saturated rings. The fraction of sp³-hybridized carbons (Fsp3) is 0.769. The molecule has 0 saturated carbocycles. The van der Waals surface area contributed by atoms with E-state index in [1.807, 2.05) is 0 Å². The second kappa shape index (κ2) is 21.3. The van der Waals surface area contributed by atoms with Gasteiger partial charge < -0.3 is 34.3 Å². The molecule has 0 amide bonds. The first-order chi connectivity index (χ1) is 10.2. The largest absolute Gasteiger partial charge is 0.478 e. The van der Waals surface area contributed by atoms with E-state index in [4.69, 9.17) is 34.3 Å². The lowest BCUT2D eigenvalue weighted by molar-refractivity contribution is -0.131. The monoisotopic (exact) mass is 310 g/mol. The van der Waals surface area contributed by atoms with Crippen molar-refractivity contribution in [1.82, 2.24) is 0 Å². The molecule has 0 saturated heterocycles. The number of carboxylic acids is 1. The van der Waals surface area contributed by atoms with Crippen molar-refractivity contribution in [3.05, 3.63) is 12.7 Å². The van der Waals surface area contributed by atoms with Gasteiger partial charge in [-0.05, 0) is 0 Å². The molecule has 0 radical (unpaired) electrons. The molecule has 0 rings (SSSR count). The van der Waals surface area contributed by atoms with Gasteiger partial charge in [0, 0.05) is 6.08 Å². The van der Waals surface area contributed by atoms with E-state index in [0.29, 0.717) is 52.9 Å². The van der Waals surface area contributed by atoms with Crippen LogP contribution in [0.15, 0.2) is 12.7 Å². The Morgan fingerprint density at radius 2 is 1.00 bits per heavy atom. The highest BCUT2D eigenvalue weighted by molar-refractivity contribution is 5.78. The van der Waals surface area contributed by atoms with Crippen molar-refractivity contribution < 1.29 is 39.1 Å². The van der Waals surface area contributed by atoms with Crippen molar-refractivity contribution in [3.63, 3.8) is 0 Å². The zero-order valence-corrected chi connectivity index (χ0v) is 12.2. The van der Waals surface area contributed by atoms with Gasteiger partial charge >= 0.3 is 5.97 Å². The number of rotatable bonds is 14. The maximum atomic E-state index is 9.25. The third-order valence-electron chi connectivity index (χ3n) is 1.76. The molecule has 0 bridgehead atoms. The van der Waals surface area contributed by atoms with E-state index in [9.17, 15) is 4.79 Å². The molecule has 0 aliphatic rings. The van der Waals surface area contributed by atoms with Crippen molar-refractivity contribution in [2.24, 2.45) is 0 Å². The Labute approximate surface area is 124 Å². The minimum Gasteiger partial charge on any atom is -0.478 e. The van der Waals surface area contributed by atoms with Gasteiger partial charge in [0.15, 0.2) is 0 Å². The molecule has 0 atom stereocenters. The third kappa shape index (κ3) is 28.0. The number of aliphatic hydroxyl groups excluding tert-OH is 2. The van der Waals surface area contributed by atoms with Crippen molar-refractivity contribution in [2.45, 2.75) is 0 Å². The first-order valence-corrected chi connectivity index (χ1v) is 6.57. The Hall–Kier alpha value is -1.03. The summed E-state index contributed by atoms with van der Waals surface area (Å²) in [6, 6.07) is 0. The number of hydrogen-bond acceptors (Lipinski definition) is 7. The van der Waals surface area contributed by atoms with Gasteiger partial charge in [0.2, 0.25) is 0 Å². The summed E-state index contributed by atoms with van der Waals surface area (Å²) < 4.78 is 20.4. The van der Waals surface area contributed by atoms with Crippen LogP contribution in [0.4, 0.5) is 0 Å². The Morgan fingerprint density at radius 3 is 1.19 bits per heavy atom. The Balaban J connectivity index is 0. The van der Waals surface area contributed by atoms with Crippen LogP contribution in [-0.2, 0) is 23.7 Å². The second-order valence-electron chi connectivity index (χ2n) is 3.44. The number of aliphatic carboxylic acids is 1. The van der Waals surface area contributed by atoms with Crippen LogP contribution >= 0.6 is 0 Å². The molecular formula is C13H26O8. The summed E-state index contributed by atoms with van der Waals surface area (Å²) in [5, 5.41) is 24.4. The second-order valence-corrected chi connectivity index (χ2v) is 3.44. The van der Waals surface area contributed by atoms with Crippen LogP contribution in [0.3, 0.4) is 0 Å². The van der Waals surface area contributed by atoms with E-state index in [1.165, 1.54) is 0 Å². The highest BCUT2D eigenvalue weighted by Crippen LogP contribution is 1.82. The summed E-state index contributed by atoms with van der Waals surface area (Å²) in [6.45, 7) is 6.75. The van der Waals surface area contributed by atoms with Crippen LogP contribution in [0.5, 0.6) is 0 Å². The van der Waals surface area contributed by atoms with E-state index < -0.39 is 5.97 Å². The Bertz CT molecular complexity index is 208. The molecule has 0 unspecified atom stereocenters. The molecule has 0 aromatic rings. The highest BCUT2D eigenvalue weighted by Gasteiger charge is 1.91. The predicted molar refractivity (Wildman–Crippen MR) is 75.3 cm³/mol. The quantitative estimate of drug-likeness (QED) is 0.285. The molecule has 0 aliphatic heterocycles. The summed E-state index contributed by atoms with van der Waals surface area (Å²) in [4.78, 5) is 9.25. The van der Waals surface area contributed by atoms with Gasteiger partial charge in [0.05, 0.1) is 66.1 Å². The summed E-state index contributed by atoms with van der Waals surface area (Å²) in [5.41, 5.74) is 0. The molecule has 0 heterocycles. The number of aliphatic hydroxyl groups is 2. The van der Waals surface area contributed by atoms with Crippen LogP contribution < -0.4 is 0 Å². The van der Waals surface area contributed by atoms with Gasteiger partial charge in [-0.2, -0.15) is 0 Å². The summed E-state index contributed by atoms with van der Waals surface area (Å²) >= 11 is 0. The van der Waals surface area contributed by atoms with Crippen LogP contribution in [0.1, 0.15) is 0 Å². The van der Waals surface area contributed by atoms with E-state index in [2.05, 4.69) is 6.58 Å². The van der Waals surface area contributed by atoms with Gasteiger partial charge in [-0.15, -0.1) is 0 Å². The minimum atomic E-state index is -0.981. The van der Waals surface area contributed by atoms with Gasteiger partial charge in [0.1, 0.15) is 0 Å². The predicted octanol–water partition coefficient (Wildman–Crippen LogP) is -0.706. The molecule has 8 nitrogen and oxygen atoms in total. The molecule has 0 aromatic carbocycles. The number of hydrogen-bond donors (Lipinski definition) is 3. The van der Waals surface area contributed by atoms with Crippen LogP contribution in [0, 0.1) is 0 Å². The van der Waals surface area contributed by atoms with Gasteiger partial charge in [-0.1, -0.05) is 6.58 Å². The highest BCUT2D eigenvalue weighted by atomic mass is 16.6. The molecule has 0 aromatic heterocycles. The number of carboxylic acid groups (broad SMARTS) is 1. The van der Waals surface area contributed by atoms with Gasteiger partial charge in [0.25, 0.3) is 0 Å². The molecule has 8 heteroatoms. The van der Waals surface area contributed by atoms with Crippen LogP contribution in [0.25, 0.3) is 0 Å². The standard InChI is InChI=1S/C10H22O6.C3H4O2/c11-1-3-13-5-7-15-9-10-16-8-6-14-4-2-12;1-2-3(4)5/h11-12H,1-10H2;2H,1H2,(H,4,5). The lowest BCUT2D eigenvalue weighted by Crippen LogP contribution is -2.13. The first kappa shape index (κ1) is 22.3. The summed E-state index contributed by atoms with van der Waals surface area (Å²) in [7, 11) is 0. The van der Waals surface area contributed by atoms with Crippen molar-refractivity contribution in [3.8, 4) is 0 Å². The molecule has 0 spiro atoms. The number of ether oxygens (including phenoxy) is 4. The Morgan fingerprint density at radius 1 is 0.762 bits per heavy atom. The third-order valence-corrected chi connectivity index (χ3v) is 1.76. The number of carbonyl (C=O) groups is 1. The Kier molecular flexibility index (Phi) is 22.5. The van der Waals surface area contributed by atoms with E-state index in [-0.39, 0.29) is 13.2 Å². The summed E-state index contributed by atoms with van der Waals surface area (Å²) in [5.74, 6) is -0.981. The van der Waals surface area contributed by atoms with Crippen molar-refractivity contribution >= 4 is 5.97 Å². The van der Waals surface area contributed by atoms with Crippen LogP contribution in [0.2, 0.25) is 0 Å². The zero-order valence-electron chi connectivity index (χ0n) is 12.2. The molecule has 0 aliphatic carbocycles. The smallest absolute Gasteiger partial charge is 0.327 e. The van der Waals surface area contributed by atoms with Crippen LogP contribution in [-0.4, -0.2) is 87.4 Å². The fourth-order valence-corrected chi connectivity index (χ4v) is 0.891. The fourth-order valence-electron chi connectivity index (χ4n) is 0.891. The van der Waals surface area contributed by atoms with E-state index in [0.717, 1.165) is 6.08 Å². The molecule has 3 N–H and O–H groups in total. The SMILES string of the molecule is C=CC(=O)O.OCCOCCOCCOCCOCCO. The van der Waals surface area contributed by atoms with Gasteiger partial charge in [-0.25, -0.2) is 4.79 Å². The molecule has 21 heavy (non-hydrogen) atoms. The average molecular weight is 310 g/mol. The normalized spacial score (nSPS) is 9.81. The van der Waals surface area contributed by atoms with E-state index in [1.54, 1.807) is 0 Å². The van der Waals surface area contributed by atoms with E-state index >= 15 is 0 Å². The lowest BCUT2D eigenvalue weighted by Gasteiger charge is -2.06. The zero-order chi connectivity index (χ0) is 16.2. The maximum Gasteiger partial charge on any atom is 0.327 e. The average Bonchev–Trinajstić information content (AvgIpc) is 2.49. The van der Waals surface area contributed by atoms with Gasteiger partial charge in [-0.3, -0.25) is 0 Å². The van der Waals surface area contributed by atoms with Crippen molar-refractivity contribution in [1.29, 1.82) is 0 Å². The topological polar surface area (TPSA) is 115 Å². The summed E-state index contributed by atoms with van der Waals surface area (Å²) in [6.07, 6.45) is 0.833. The first-order valence-electron chi connectivity index (χ1n) is 6.57. The lowest BCUT2D eigenvalue weighted by atomic mass is 10.7. The minimum absolute atomic E-state index is 0.0386.